The van der Waals surface area contributed by atoms with E-state index in [2.05, 4.69) is 37.9 Å². The lowest BCUT2D eigenvalue weighted by Crippen LogP contribution is -2.40. The highest BCUT2D eigenvalue weighted by atomic mass is 79.9. The van der Waals surface area contributed by atoms with Crippen molar-refractivity contribution in [2.75, 3.05) is 6.54 Å². The Morgan fingerprint density at radius 1 is 0.909 bits per heavy atom. The molecule has 0 bridgehead atoms. The number of carbonyl (C=O) groups excluding carboxylic acids is 3. The highest BCUT2D eigenvalue weighted by Gasteiger charge is 2.46. The number of nitrogens with one attached hydrogen (secondary N) is 3. The zero-order chi connectivity index (χ0) is 23.4. The predicted octanol–water partition coefficient (Wildman–Crippen LogP) is 3.28. The van der Waals surface area contributed by atoms with Crippen LogP contribution in [0.1, 0.15) is 34.3 Å². The van der Waals surface area contributed by atoms with Gasteiger partial charge in [-0.1, -0.05) is 64.5 Å². The van der Waals surface area contributed by atoms with E-state index in [-0.39, 0.29) is 19.0 Å². The molecule has 3 N–H and O–H groups in total. The molecule has 1 aliphatic carbocycles. The molecule has 0 atom stereocenters. The number of amides is 3. The van der Waals surface area contributed by atoms with Gasteiger partial charge in [0, 0.05) is 16.6 Å². The maximum Gasteiger partial charge on any atom is 0.310 e. The fraction of sp³-hybridized carbons (Fsp3) is 0.200. The van der Waals surface area contributed by atoms with Gasteiger partial charge in [-0.25, -0.2) is 0 Å². The minimum atomic E-state index is -0.891. The Hall–Kier alpha value is -3.70. The molecule has 0 heterocycles. The third-order valence-electron chi connectivity index (χ3n) is 5.72. The number of nitrogens with zero attached hydrogens (tertiary/aromatic N) is 1. The zero-order valence-corrected chi connectivity index (χ0v) is 19.2. The summed E-state index contributed by atoms with van der Waals surface area (Å²) in [4.78, 5) is 36.9. The molecule has 3 aromatic carbocycles. The molecule has 1 fully saturated rings. The molecule has 0 aromatic heterocycles. The van der Waals surface area contributed by atoms with Crippen molar-refractivity contribution in [2.45, 2.75) is 24.9 Å². The summed E-state index contributed by atoms with van der Waals surface area (Å²) in [6.45, 7) is -0.241. The molecule has 0 unspecified atom stereocenters. The molecular weight excluding hydrogens is 484 g/mol. The Bertz CT molecular complexity index is 1290. The lowest BCUT2D eigenvalue weighted by atomic mass is 9.96. The first kappa shape index (κ1) is 22.5. The van der Waals surface area contributed by atoms with Crippen molar-refractivity contribution in [1.82, 2.24) is 16.0 Å². The second kappa shape index (κ2) is 9.43. The van der Waals surface area contributed by atoms with E-state index in [1.807, 2.05) is 30.3 Å². The zero-order valence-electron chi connectivity index (χ0n) is 17.7. The molecule has 3 amide bonds. The average molecular weight is 505 g/mol. The molecule has 1 saturated carbocycles. The average Bonchev–Trinajstić information content (AvgIpc) is 3.61. The lowest BCUT2D eigenvalue weighted by molar-refractivity contribution is -0.139. The van der Waals surface area contributed by atoms with Crippen LogP contribution in [0.5, 0.6) is 0 Å². The van der Waals surface area contributed by atoms with Crippen LogP contribution >= 0.6 is 15.9 Å². The first-order valence-corrected chi connectivity index (χ1v) is 11.3. The van der Waals surface area contributed by atoms with Crippen molar-refractivity contribution in [3.63, 3.8) is 0 Å². The topological polar surface area (TPSA) is 111 Å². The van der Waals surface area contributed by atoms with Gasteiger partial charge in [0.1, 0.15) is 6.54 Å². The smallest absolute Gasteiger partial charge is 0.310 e. The van der Waals surface area contributed by atoms with Gasteiger partial charge in [-0.05, 0) is 46.9 Å². The quantitative estimate of drug-likeness (QED) is 0.353. The maximum atomic E-state index is 13.3. The van der Waals surface area contributed by atoms with E-state index in [0.29, 0.717) is 11.1 Å². The van der Waals surface area contributed by atoms with Gasteiger partial charge < -0.3 is 16.0 Å². The first-order valence-electron chi connectivity index (χ1n) is 10.5. The Labute approximate surface area is 199 Å². The molecule has 3 aromatic rings. The molecule has 0 aliphatic heterocycles. The number of fused-ring (bicyclic) bond motifs is 1. The van der Waals surface area contributed by atoms with Crippen LogP contribution in [0, 0.1) is 11.3 Å². The van der Waals surface area contributed by atoms with Crippen molar-refractivity contribution in [1.29, 1.82) is 5.26 Å². The van der Waals surface area contributed by atoms with Gasteiger partial charge in [-0.15, -0.1) is 0 Å². The van der Waals surface area contributed by atoms with Crippen LogP contribution in [0.25, 0.3) is 10.8 Å². The number of hydrogen-bond donors (Lipinski definition) is 3. The minimum absolute atomic E-state index is 0.0105. The van der Waals surface area contributed by atoms with Gasteiger partial charge in [-0.2, -0.15) is 5.26 Å². The second-order valence-corrected chi connectivity index (χ2v) is 8.71. The predicted molar refractivity (Wildman–Crippen MR) is 127 cm³/mol. The molecule has 8 heteroatoms. The van der Waals surface area contributed by atoms with Crippen molar-refractivity contribution < 1.29 is 14.4 Å². The van der Waals surface area contributed by atoms with E-state index in [4.69, 9.17) is 5.26 Å². The molecule has 0 spiro atoms. The summed E-state index contributed by atoms with van der Waals surface area (Å²) < 4.78 is 1.00. The first-order chi connectivity index (χ1) is 15.9. The normalized spacial score (nSPS) is 13.6. The SMILES string of the molecule is N#CCNC(=O)C(=O)NCc1ccccc1C(=O)NC1(c2cccc3c(Br)cccc23)CC1. The third kappa shape index (κ3) is 4.73. The molecule has 4 rings (SSSR count). The number of halogens is 1. The lowest BCUT2D eigenvalue weighted by Gasteiger charge is -2.21. The summed E-state index contributed by atoms with van der Waals surface area (Å²) >= 11 is 3.60. The molecule has 166 valence electrons. The van der Waals surface area contributed by atoms with Gasteiger partial charge in [0.05, 0.1) is 11.6 Å². The number of carbonyl (C=O) groups is 3. The van der Waals surface area contributed by atoms with Crippen LogP contribution in [-0.4, -0.2) is 24.3 Å². The summed E-state index contributed by atoms with van der Waals surface area (Å²) in [5, 5.41) is 18.6. The van der Waals surface area contributed by atoms with Crippen LogP contribution in [-0.2, 0) is 21.7 Å². The van der Waals surface area contributed by atoms with E-state index in [1.165, 1.54) is 0 Å². The van der Waals surface area contributed by atoms with Crippen molar-refractivity contribution >= 4 is 44.4 Å². The fourth-order valence-corrected chi connectivity index (χ4v) is 4.41. The Morgan fingerprint density at radius 3 is 2.36 bits per heavy atom. The minimum Gasteiger partial charge on any atom is -0.344 e. The van der Waals surface area contributed by atoms with Crippen LogP contribution in [0.15, 0.2) is 65.1 Å². The van der Waals surface area contributed by atoms with Crippen LogP contribution in [0.2, 0.25) is 0 Å². The van der Waals surface area contributed by atoms with Gasteiger partial charge in [-0.3, -0.25) is 14.4 Å². The maximum absolute atomic E-state index is 13.3. The monoisotopic (exact) mass is 504 g/mol. The number of nitriles is 1. The summed E-state index contributed by atoms with van der Waals surface area (Å²) in [6.07, 6.45) is 1.67. The number of rotatable bonds is 6. The Balaban J connectivity index is 1.52. The molecule has 0 radical (unpaired) electrons. The number of benzene rings is 3. The summed E-state index contributed by atoms with van der Waals surface area (Å²) in [5.74, 6) is -1.99. The Morgan fingerprint density at radius 2 is 1.61 bits per heavy atom. The number of hydrogen-bond acceptors (Lipinski definition) is 4. The third-order valence-corrected chi connectivity index (χ3v) is 6.41. The summed E-state index contributed by atoms with van der Waals surface area (Å²) in [6, 6.07) is 20.8. The van der Waals surface area contributed by atoms with Crippen molar-refractivity contribution in [3.8, 4) is 6.07 Å². The standard InChI is InChI=1S/C25H21BrN4O3/c26-21-10-4-7-18-19(21)8-3-9-20(18)25(11-12-25)30-22(31)17-6-2-1-5-16(17)15-29-24(33)23(32)28-14-13-27/h1-10H,11-12,14-15H2,(H,28,32)(H,29,33)(H,30,31). The largest absolute Gasteiger partial charge is 0.344 e. The summed E-state index contributed by atoms with van der Waals surface area (Å²) in [5.41, 5.74) is 1.66. The fourth-order valence-electron chi connectivity index (χ4n) is 3.91. The molecular formula is C25H21BrN4O3. The van der Waals surface area contributed by atoms with Crippen LogP contribution in [0.3, 0.4) is 0 Å². The van der Waals surface area contributed by atoms with Crippen LogP contribution < -0.4 is 16.0 Å². The van der Waals surface area contributed by atoms with E-state index in [1.54, 1.807) is 30.3 Å². The highest BCUT2D eigenvalue weighted by Crippen LogP contribution is 2.48. The molecule has 0 saturated heterocycles. The Kier molecular flexibility index (Phi) is 6.43. The highest BCUT2D eigenvalue weighted by molar-refractivity contribution is 9.10. The van der Waals surface area contributed by atoms with Gasteiger partial charge in [0.2, 0.25) is 0 Å². The van der Waals surface area contributed by atoms with Crippen LogP contribution in [0.4, 0.5) is 0 Å². The van der Waals surface area contributed by atoms with Crippen molar-refractivity contribution in [3.05, 3.63) is 81.8 Å². The molecule has 33 heavy (non-hydrogen) atoms. The van der Waals surface area contributed by atoms with E-state index in [9.17, 15) is 14.4 Å². The van der Waals surface area contributed by atoms with E-state index in [0.717, 1.165) is 33.7 Å². The molecule has 7 nitrogen and oxygen atoms in total. The van der Waals surface area contributed by atoms with Gasteiger partial charge >= 0.3 is 11.8 Å². The van der Waals surface area contributed by atoms with Crippen molar-refractivity contribution in [2.24, 2.45) is 0 Å². The van der Waals surface area contributed by atoms with Gasteiger partial charge in [0.15, 0.2) is 0 Å². The second-order valence-electron chi connectivity index (χ2n) is 7.86. The molecule has 1 aliphatic rings. The summed E-state index contributed by atoms with van der Waals surface area (Å²) in [7, 11) is 0. The van der Waals surface area contributed by atoms with E-state index < -0.39 is 17.4 Å². The van der Waals surface area contributed by atoms with Gasteiger partial charge in [0.25, 0.3) is 5.91 Å². The van der Waals surface area contributed by atoms with E-state index >= 15 is 0 Å².